The highest BCUT2D eigenvalue weighted by molar-refractivity contribution is 9.13. The van der Waals surface area contributed by atoms with Crippen LogP contribution in [0.2, 0.25) is 0 Å². The molecule has 10 heteroatoms. The molecule has 0 fully saturated rings. The highest BCUT2D eigenvalue weighted by atomic mass is 79.9. The van der Waals surface area contributed by atoms with Crippen molar-refractivity contribution in [2.24, 2.45) is 0 Å². The van der Waals surface area contributed by atoms with Gasteiger partial charge in [0.05, 0.1) is 13.2 Å². The van der Waals surface area contributed by atoms with Gasteiger partial charge in [-0.1, -0.05) is 0 Å². The third-order valence-electron chi connectivity index (χ3n) is 2.29. The van der Waals surface area contributed by atoms with E-state index in [1.54, 1.807) is 0 Å². The van der Waals surface area contributed by atoms with Gasteiger partial charge in [-0.05, 0) is 55.1 Å². The summed E-state index contributed by atoms with van der Waals surface area (Å²) in [5.41, 5.74) is 0.614. The van der Waals surface area contributed by atoms with Crippen molar-refractivity contribution in [1.82, 2.24) is 0 Å². The SMILES string of the molecule is FC(F)(F)COCc1cc(Br)c(Br)cc1COCC(F)(F)F. The van der Waals surface area contributed by atoms with E-state index in [0.717, 1.165) is 0 Å². The molecule has 1 aromatic carbocycles. The summed E-state index contributed by atoms with van der Waals surface area (Å²) in [6.45, 7) is -3.67. The minimum absolute atomic E-state index is 0.307. The number of halogens is 8. The standard InChI is InChI=1S/C12H10Br2F6O2/c13-9-1-7(3-21-5-11(15,16)17)8(2-10(9)14)4-22-6-12(18,19)20/h1-2H,3-6H2. The second-order valence-corrected chi connectivity index (χ2v) is 5.96. The predicted molar refractivity (Wildman–Crippen MR) is 73.3 cm³/mol. The van der Waals surface area contributed by atoms with Crippen molar-refractivity contribution in [1.29, 1.82) is 0 Å². The van der Waals surface area contributed by atoms with Crippen LogP contribution in [0.1, 0.15) is 11.1 Å². The highest BCUT2D eigenvalue weighted by Crippen LogP contribution is 2.28. The fourth-order valence-electron chi connectivity index (χ4n) is 1.45. The van der Waals surface area contributed by atoms with Crippen LogP contribution in [-0.4, -0.2) is 25.6 Å². The Balaban J connectivity index is 2.74. The molecular weight excluding hydrogens is 450 g/mol. The summed E-state index contributed by atoms with van der Waals surface area (Å²) in [6.07, 6.45) is -8.95. The van der Waals surface area contributed by atoms with Gasteiger partial charge in [0.15, 0.2) is 0 Å². The van der Waals surface area contributed by atoms with Gasteiger partial charge in [0.25, 0.3) is 0 Å². The largest absolute Gasteiger partial charge is 0.411 e. The van der Waals surface area contributed by atoms with Crippen molar-refractivity contribution >= 4 is 31.9 Å². The van der Waals surface area contributed by atoms with Crippen molar-refractivity contribution in [3.8, 4) is 0 Å². The summed E-state index contributed by atoms with van der Waals surface area (Å²) in [5.74, 6) is 0. The van der Waals surface area contributed by atoms with Gasteiger partial charge in [0.1, 0.15) is 13.2 Å². The first-order chi connectivity index (χ1) is 9.98. The molecule has 1 aromatic rings. The molecule has 0 unspecified atom stereocenters. The van der Waals surface area contributed by atoms with Crippen LogP contribution < -0.4 is 0 Å². The van der Waals surface area contributed by atoms with E-state index in [1.165, 1.54) is 12.1 Å². The molecule has 2 nitrogen and oxygen atoms in total. The van der Waals surface area contributed by atoms with E-state index in [2.05, 4.69) is 41.3 Å². The van der Waals surface area contributed by atoms with Gasteiger partial charge in [0, 0.05) is 8.95 Å². The summed E-state index contributed by atoms with van der Waals surface area (Å²) in [4.78, 5) is 0. The molecular formula is C12H10Br2F6O2. The first-order valence-electron chi connectivity index (χ1n) is 5.74. The van der Waals surface area contributed by atoms with E-state index in [1.807, 2.05) is 0 Å². The Labute approximate surface area is 139 Å². The number of ether oxygens (including phenoxy) is 2. The van der Waals surface area contributed by atoms with Crippen molar-refractivity contribution in [2.75, 3.05) is 13.2 Å². The number of benzene rings is 1. The smallest absolute Gasteiger partial charge is 0.367 e. The molecule has 0 aromatic heterocycles. The molecule has 0 spiro atoms. The average molecular weight is 460 g/mol. The summed E-state index contributed by atoms with van der Waals surface area (Å²) in [5, 5.41) is 0. The van der Waals surface area contributed by atoms with Gasteiger partial charge in [0.2, 0.25) is 0 Å². The van der Waals surface area contributed by atoms with E-state index in [4.69, 9.17) is 0 Å². The highest BCUT2D eigenvalue weighted by Gasteiger charge is 2.28. The van der Waals surface area contributed by atoms with E-state index >= 15 is 0 Å². The van der Waals surface area contributed by atoms with Crippen molar-refractivity contribution < 1.29 is 35.8 Å². The lowest BCUT2D eigenvalue weighted by Gasteiger charge is -2.14. The maximum absolute atomic E-state index is 12.0. The van der Waals surface area contributed by atoms with Crippen LogP contribution in [0.25, 0.3) is 0 Å². The number of hydrogen-bond acceptors (Lipinski definition) is 2. The molecule has 0 aliphatic carbocycles. The molecule has 0 bridgehead atoms. The third kappa shape index (κ3) is 7.80. The molecule has 0 saturated carbocycles. The zero-order valence-corrected chi connectivity index (χ0v) is 14.0. The predicted octanol–water partition coefficient (Wildman–Crippen LogP) is 5.37. The Morgan fingerprint density at radius 1 is 0.727 bits per heavy atom. The molecule has 0 saturated heterocycles. The Hall–Kier alpha value is -0.320. The van der Waals surface area contributed by atoms with Crippen LogP contribution in [0.3, 0.4) is 0 Å². The van der Waals surface area contributed by atoms with Gasteiger partial charge in [-0.15, -0.1) is 0 Å². The van der Waals surface area contributed by atoms with Crippen LogP contribution in [-0.2, 0) is 22.7 Å². The average Bonchev–Trinajstić information content (AvgIpc) is 2.31. The molecule has 0 amide bonds. The van der Waals surface area contributed by atoms with Crippen molar-refractivity contribution in [2.45, 2.75) is 25.6 Å². The van der Waals surface area contributed by atoms with Crippen LogP contribution in [0, 0.1) is 0 Å². The molecule has 1 rings (SSSR count). The first-order valence-corrected chi connectivity index (χ1v) is 7.32. The molecule has 0 radical (unpaired) electrons. The maximum Gasteiger partial charge on any atom is 0.411 e. The zero-order valence-electron chi connectivity index (χ0n) is 10.8. The molecule has 0 aliphatic heterocycles. The van der Waals surface area contributed by atoms with Crippen LogP contribution >= 0.6 is 31.9 Å². The molecule has 0 atom stereocenters. The van der Waals surface area contributed by atoms with E-state index in [0.29, 0.717) is 20.1 Å². The molecule has 0 heterocycles. The second-order valence-electron chi connectivity index (χ2n) is 4.25. The lowest BCUT2D eigenvalue weighted by atomic mass is 10.1. The third-order valence-corrected chi connectivity index (χ3v) is 4.13. The molecule has 22 heavy (non-hydrogen) atoms. The summed E-state index contributed by atoms with van der Waals surface area (Å²) >= 11 is 6.33. The maximum atomic E-state index is 12.0. The number of hydrogen-bond donors (Lipinski definition) is 0. The summed E-state index contributed by atoms with van der Waals surface area (Å²) < 4.78 is 82.4. The van der Waals surface area contributed by atoms with Crippen LogP contribution in [0.5, 0.6) is 0 Å². The number of alkyl halides is 6. The Kier molecular flexibility index (Phi) is 7.16. The monoisotopic (exact) mass is 458 g/mol. The van der Waals surface area contributed by atoms with Crippen LogP contribution in [0.15, 0.2) is 21.1 Å². The number of rotatable bonds is 6. The van der Waals surface area contributed by atoms with Crippen LogP contribution in [0.4, 0.5) is 26.3 Å². The van der Waals surface area contributed by atoms with Gasteiger partial charge >= 0.3 is 12.4 Å². The van der Waals surface area contributed by atoms with E-state index < -0.39 is 38.8 Å². The van der Waals surface area contributed by atoms with Crippen molar-refractivity contribution in [3.63, 3.8) is 0 Å². The summed E-state index contributed by atoms with van der Waals surface area (Å²) in [7, 11) is 0. The molecule has 0 aliphatic rings. The lowest BCUT2D eigenvalue weighted by molar-refractivity contribution is -0.178. The topological polar surface area (TPSA) is 18.5 Å². The fraction of sp³-hybridized carbons (Fsp3) is 0.500. The van der Waals surface area contributed by atoms with Crippen molar-refractivity contribution in [3.05, 3.63) is 32.2 Å². The van der Waals surface area contributed by atoms with Gasteiger partial charge < -0.3 is 9.47 Å². The van der Waals surface area contributed by atoms with Gasteiger partial charge in [-0.3, -0.25) is 0 Å². The second kappa shape index (κ2) is 7.98. The molecule has 0 N–H and O–H groups in total. The minimum Gasteiger partial charge on any atom is -0.367 e. The first kappa shape index (κ1) is 19.7. The van der Waals surface area contributed by atoms with E-state index in [9.17, 15) is 26.3 Å². The minimum atomic E-state index is -4.47. The van der Waals surface area contributed by atoms with E-state index in [-0.39, 0.29) is 0 Å². The Bertz CT molecular complexity index is 457. The zero-order chi connectivity index (χ0) is 17.0. The molecule has 126 valence electrons. The Morgan fingerprint density at radius 2 is 1.05 bits per heavy atom. The fourth-order valence-corrected chi connectivity index (χ4v) is 2.23. The Morgan fingerprint density at radius 3 is 1.32 bits per heavy atom. The van der Waals surface area contributed by atoms with Gasteiger partial charge in [-0.2, -0.15) is 26.3 Å². The summed E-state index contributed by atoms with van der Waals surface area (Å²) in [6, 6.07) is 2.93. The quantitative estimate of drug-likeness (QED) is 0.532. The normalized spacial score (nSPS) is 12.7. The lowest BCUT2D eigenvalue weighted by Crippen LogP contribution is -2.18. The van der Waals surface area contributed by atoms with Gasteiger partial charge in [-0.25, -0.2) is 0 Å².